The van der Waals surface area contributed by atoms with Gasteiger partial charge in [0.1, 0.15) is 18.6 Å². The molecule has 2 aromatic rings. The maximum absolute atomic E-state index is 12.1. The van der Waals surface area contributed by atoms with E-state index in [9.17, 15) is 4.79 Å². The van der Waals surface area contributed by atoms with Gasteiger partial charge in [0.25, 0.3) is 5.91 Å². The van der Waals surface area contributed by atoms with Crippen LogP contribution in [-0.4, -0.2) is 22.8 Å². The molecule has 1 aromatic carbocycles. The largest absolute Gasteiger partial charge is 0.384 e. The van der Waals surface area contributed by atoms with E-state index < -0.39 is 0 Å². The van der Waals surface area contributed by atoms with E-state index in [4.69, 9.17) is 5.11 Å². The SMILES string of the molecule is Cc1ccc(C#CCO)c(C(=O)Nc2cnoc2)c1. The minimum atomic E-state index is -0.297. The van der Waals surface area contributed by atoms with Gasteiger partial charge in [-0.2, -0.15) is 0 Å². The van der Waals surface area contributed by atoms with E-state index >= 15 is 0 Å². The Balaban J connectivity index is 2.31. The lowest BCUT2D eigenvalue weighted by Gasteiger charge is -2.06. The van der Waals surface area contributed by atoms with Crippen molar-refractivity contribution in [2.45, 2.75) is 6.92 Å². The number of anilines is 1. The smallest absolute Gasteiger partial charge is 0.257 e. The van der Waals surface area contributed by atoms with Crippen molar-refractivity contribution in [2.24, 2.45) is 0 Å². The Morgan fingerprint density at radius 2 is 2.37 bits per heavy atom. The van der Waals surface area contributed by atoms with E-state index in [0.29, 0.717) is 16.8 Å². The second kappa shape index (κ2) is 5.85. The zero-order valence-corrected chi connectivity index (χ0v) is 10.3. The third-order valence-electron chi connectivity index (χ3n) is 2.41. The van der Waals surface area contributed by atoms with Crippen LogP contribution in [0.5, 0.6) is 0 Å². The number of amides is 1. The summed E-state index contributed by atoms with van der Waals surface area (Å²) in [7, 11) is 0. The van der Waals surface area contributed by atoms with Gasteiger partial charge in [-0.3, -0.25) is 4.79 Å². The quantitative estimate of drug-likeness (QED) is 0.800. The normalized spacial score (nSPS) is 9.58. The number of aromatic nitrogens is 1. The number of benzene rings is 1. The molecule has 1 amide bonds. The predicted octanol–water partition coefficient (Wildman–Crippen LogP) is 1.58. The molecular weight excluding hydrogens is 244 g/mol. The van der Waals surface area contributed by atoms with Gasteiger partial charge in [0.2, 0.25) is 0 Å². The lowest BCUT2D eigenvalue weighted by atomic mass is 10.0. The summed E-state index contributed by atoms with van der Waals surface area (Å²) in [6.45, 7) is 1.64. The molecule has 96 valence electrons. The average Bonchev–Trinajstić information content (AvgIpc) is 2.90. The summed E-state index contributed by atoms with van der Waals surface area (Å²) < 4.78 is 4.64. The molecule has 0 atom stereocenters. The van der Waals surface area contributed by atoms with Crippen molar-refractivity contribution in [3.8, 4) is 11.8 Å². The van der Waals surface area contributed by atoms with Crippen LogP contribution in [-0.2, 0) is 0 Å². The number of carbonyl (C=O) groups excluding carboxylic acids is 1. The van der Waals surface area contributed by atoms with E-state index in [2.05, 4.69) is 26.8 Å². The summed E-state index contributed by atoms with van der Waals surface area (Å²) in [6, 6.07) is 5.35. The van der Waals surface area contributed by atoms with E-state index in [1.165, 1.54) is 12.5 Å². The first-order valence-electron chi connectivity index (χ1n) is 5.62. The summed E-state index contributed by atoms with van der Waals surface area (Å²) in [5, 5.41) is 14.9. The minimum Gasteiger partial charge on any atom is -0.384 e. The fourth-order valence-electron chi connectivity index (χ4n) is 1.55. The van der Waals surface area contributed by atoms with Crippen LogP contribution >= 0.6 is 0 Å². The van der Waals surface area contributed by atoms with Gasteiger partial charge in [0, 0.05) is 5.56 Å². The lowest BCUT2D eigenvalue weighted by molar-refractivity contribution is 0.102. The van der Waals surface area contributed by atoms with Gasteiger partial charge in [-0.1, -0.05) is 28.6 Å². The summed E-state index contributed by atoms with van der Waals surface area (Å²) in [6.07, 6.45) is 2.75. The molecule has 0 aliphatic carbocycles. The molecule has 0 fully saturated rings. The molecule has 0 saturated heterocycles. The molecule has 19 heavy (non-hydrogen) atoms. The number of nitrogens with zero attached hydrogens (tertiary/aromatic N) is 1. The number of carbonyl (C=O) groups is 1. The Morgan fingerprint density at radius 3 is 3.05 bits per heavy atom. The summed E-state index contributed by atoms with van der Waals surface area (Å²) in [5.41, 5.74) is 2.44. The summed E-state index contributed by atoms with van der Waals surface area (Å²) in [5.74, 6) is 4.99. The monoisotopic (exact) mass is 256 g/mol. The van der Waals surface area contributed by atoms with Crippen molar-refractivity contribution in [2.75, 3.05) is 11.9 Å². The average molecular weight is 256 g/mol. The zero-order valence-electron chi connectivity index (χ0n) is 10.3. The third kappa shape index (κ3) is 3.21. The van der Waals surface area contributed by atoms with Gasteiger partial charge in [-0.25, -0.2) is 0 Å². The second-order valence-electron chi connectivity index (χ2n) is 3.88. The van der Waals surface area contributed by atoms with E-state index in [-0.39, 0.29) is 12.5 Å². The van der Waals surface area contributed by atoms with Crippen molar-refractivity contribution < 1.29 is 14.4 Å². The Kier molecular flexibility index (Phi) is 3.96. The number of aliphatic hydroxyl groups excluding tert-OH is 1. The van der Waals surface area contributed by atoms with Gasteiger partial charge < -0.3 is 14.9 Å². The van der Waals surface area contributed by atoms with Gasteiger partial charge in [0.05, 0.1) is 11.8 Å². The highest BCUT2D eigenvalue weighted by molar-refractivity contribution is 6.05. The van der Waals surface area contributed by atoms with Crippen LogP contribution in [0.1, 0.15) is 21.5 Å². The van der Waals surface area contributed by atoms with Crippen LogP contribution in [0.4, 0.5) is 5.69 Å². The maximum Gasteiger partial charge on any atom is 0.257 e. The second-order valence-corrected chi connectivity index (χ2v) is 3.88. The number of hydrogen-bond acceptors (Lipinski definition) is 4. The fourth-order valence-corrected chi connectivity index (χ4v) is 1.55. The van der Waals surface area contributed by atoms with Crippen LogP contribution in [0.25, 0.3) is 0 Å². The molecule has 0 bridgehead atoms. The van der Waals surface area contributed by atoms with Crippen molar-refractivity contribution in [1.29, 1.82) is 0 Å². The highest BCUT2D eigenvalue weighted by Crippen LogP contribution is 2.14. The molecule has 1 heterocycles. The van der Waals surface area contributed by atoms with Crippen LogP contribution in [0.15, 0.2) is 35.2 Å². The molecule has 0 unspecified atom stereocenters. The topological polar surface area (TPSA) is 75.4 Å². The molecule has 0 aliphatic rings. The Hall–Kier alpha value is -2.58. The first-order valence-corrected chi connectivity index (χ1v) is 5.62. The van der Waals surface area contributed by atoms with Crippen LogP contribution < -0.4 is 5.32 Å². The lowest BCUT2D eigenvalue weighted by Crippen LogP contribution is -2.13. The Bertz CT molecular complexity index is 636. The van der Waals surface area contributed by atoms with Gasteiger partial charge in [-0.15, -0.1) is 0 Å². The molecule has 2 N–H and O–H groups in total. The van der Waals surface area contributed by atoms with E-state index in [1.807, 2.05) is 13.0 Å². The molecule has 0 aliphatic heterocycles. The first kappa shape index (κ1) is 12.9. The predicted molar refractivity (Wildman–Crippen MR) is 69.6 cm³/mol. The number of aryl methyl sites for hydroxylation is 1. The van der Waals surface area contributed by atoms with Crippen LogP contribution in [0.3, 0.4) is 0 Å². The first-order chi connectivity index (χ1) is 9.20. The molecule has 0 spiro atoms. The van der Waals surface area contributed by atoms with Crippen molar-refractivity contribution in [1.82, 2.24) is 5.16 Å². The Morgan fingerprint density at radius 1 is 1.53 bits per heavy atom. The molecule has 5 nitrogen and oxygen atoms in total. The van der Waals surface area contributed by atoms with Gasteiger partial charge in [-0.05, 0) is 19.1 Å². The van der Waals surface area contributed by atoms with Crippen molar-refractivity contribution >= 4 is 11.6 Å². The fraction of sp³-hybridized carbons (Fsp3) is 0.143. The standard InChI is InChI=1S/C14H12N2O3/c1-10-4-5-11(3-2-6-17)13(7-10)14(18)16-12-8-15-19-9-12/h4-5,7-9,17H,6H2,1H3,(H,16,18). The van der Waals surface area contributed by atoms with Crippen molar-refractivity contribution in [3.63, 3.8) is 0 Å². The summed E-state index contributed by atoms with van der Waals surface area (Å²) in [4.78, 5) is 12.1. The third-order valence-corrected chi connectivity index (χ3v) is 2.41. The van der Waals surface area contributed by atoms with Gasteiger partial charge >= 0.3 is 0 Å². The molecule has 2 rings (SSSR count). The highest BCUT2D eigenvalue weighted by Gasteiger charge is 2.11. The number of hydrogen-bond donors (Lipinski definition) is 2. The summed E-state index contributed by atoms with van der Waals surface area (Å²) >= 11 is 0. The highest BCUT2D eigenvalue weighted by atomic mass is 16.5. The molecular formula is C14H12N2O3. The van der Waals surface area contributed by atoms with Gasteiger partial charge in [0.15, 0.2) is 0 Å². The molecule has 0 saturated carbocycles. The Labute approximate surface area is 110 Å². The number of aliphatic hydroxyl groups is 1. The maximum atomic E-state index is 12.1. The molecule has 1 aromatic heterocycles. The number of rotatable bonds is 2. The number of nitrogens with one attached hydrogen (secondary N) is 1. The molecule has 5 heteroatoms. The van der Waals surface area contributed by atoms with Crippen molar-refractivity contribution in [3.05, 3.63) is 47.3 Å². The minimum absolute atomic E-state index is 0.249. The van der Waals surface area contributed by atoms with Crippen LogP contribution in [0.2, 0.25) is 0 Å². The zero-order chi connectivity index (χ0) is 13.7. The van der Waals surface area contributed by atoms with E-state index in [0.717, 1.165) is 5.56 Å². The van der Waals surface area contributed by atoms with E-state index in [1.54, 1.807) is 12.1 Å². The molecule has 0 radical (unpaired) electrons. The van der Waals surface area contributed by atoms with Crippen LogP contribution in [0, 0.1) is 18.8 Å².